The average Bonchev–Trinajstić information content (AvgIpc) is 2.33. The summed E-state index contributed by atoms with van der Waals surface area (Å²) in [5.41, 5.74) is -2.07. The Kier molecular flexibility index (Phi) is 4.57. The second-order valence-corrected chi connectivity index (χ2v) is 5.58. The molecule has 0 saturated carbocycles. The molecule has 7 nitrogen and oxygen atoms in total. The molecular formula is C10H9F2N3O4S. The van der Waals surface area contributed by atoms with Gasteiger partial charge in [-0.25, -0.2) is 17.2 Å². The number of rotatable bonds is 5. The third-order valence-corrected chi connectivity index (χ3v) is 4.04. The van der Waals surface area contributed by atoms with Crippen molar-refractivity contribution in [1.82, 2.24) is 0 Å². The number of hydrogen-bond acceptors (Lipinski definition) is 5. The van der Waals surface area contributed by atoms with Gasteiger partial charge in [0.2, 0.25) is 10.0 Å². The molecule has 0 radical (unpaired) electrons. The highest BCUT2D eigenvalue weighted by Crippen LogP contribution is 2.30. The van der Waals surface area contributed by atoms with Gasteiger partial charge in [0.1, 0.15) is 5.82 Å². The number of benzene rings is 1. The highest BCUT2D eigenvalue weighted by atomic mass is 32.2. The van der Waals surface area contributed by atoms with Crippen LogP contribution in [0.15, 0.2) is 12.1 Å². The lowest BCUT2D eigenvalue weighted by Gasteiger charge is -2.12. The zero-order chi connectivity index (χ0) is 15.5. The maximum atomic E-state index is 13.5. The third kappa shape index (κ3) is 3.18. The Bertz CT molecular complexity index is 684. The van der Waals surface area contributed by atoms with Crippen molar-refractivity contribution in [1.29, 1.82) is 5.26 Å². The number of nitrogens with zero attached hydrogens (tertiary/aromatic N) is 2. The highest BCUT2D eigenvalue weighted by molar-refractivity contribution is 7.93. The van der Waals surface area contributed by atoms with Crippen LogP contribution in [0.25, 0.3) is 0 Å². The molecule has 0 spiro atoms. The summed E-state index contributed by atoms with van der Waals surface area (Å²) in [6.45, 7) is 1.41. The fourth-order valence-corrected chi connectivity index (χ4v) is 2.60. The van der Waals surface area contributed by atoms with Crippen LogP contribution in [-0.4, -0.2) is 18.6 Å². The molecule has 1 N–H and O–H groups in total. The third-order valence-electron chi connectivity index (χ3n) is 2.36. The van der Waals surface area contributed by atoms with E-state index in [0.717, 1.165) is 0 Å². The molecule has 1 aromatic carbocycles. The lowest BCUT2D eigenvalue weighted by Crippen LogP contribution is -2.26. The molecule has 0 aromatic heterocycles. The number of anilines is 1. The quantitative estimate of drug-likeness (QED) is 0.659. The molecule has 0 bridgehead atoms. The molecule has 0 heterocycles. The summed E-state index contributed by atoms with van der Waals surface area (Å²) in [4.78, 5) is 9.57. The minimum Gasteiger partial charge on any atom is -0.273 e. The molecule has 0 fully saturated rings. The van der Waals surface area contributed by atoms with Crippen LogP contribution in [0.1, 0.15) is 13.3 Å². The van der Waals surface area contributed by atoms with Gasteiger partial charge in [0.25, 0.3) is 5.69 Å². The van der Waals surface area contributed by atoms with E-state index in [1.165, 1.54) is 13.0 Å². The van der Waals surface area contributed by atoms with E-state index in [4.69, 9.17) is 5.26 Å². The molecule has 1 rings (SSSR count). The van der Waals surface area contributed by atoms with E-state index in [-0.39, 0.29) is 6.42 Å². The predicted octanol–water partition coefficient (Wildman–Crippen LogP) is 1.92. The smallest absolute Gasteiger partial charge is 0.273 e. The molecule has 0 amide bonds. The number of nitriles is 1. The molecule has 1 unspecified atom stereocenters. The summed E-state index contributed by atoms with van der Waals surface area (Å²) < 4.78 is 51.6. The van der Waals surface area contributed by atoms with Crippen LogP contribution in [0.2, 0.25) is 0 Å². The Labute approximate surface area is 113 Å². The SMILES string of the molecule is CCC(C#N)S(=O)(=O)Nc1c(F)cc(F)cc1[N+](=O)[O-]. The molecule has 0 saturated heterocycles. The number of hydrogen-bond donors (Lipinski definition) is 1. The number of sulfonamides is 1. The summed E-state index contributed by atoms with van der Waals surface area (Å²) in [6, 6.07) is 2.16. The van der Waals surface area contributed by atoms with Gasteiger partial charge in [-0.15, -0.1) is 0 Å². The van der Waals surface area contributed by atoms with E-state index in [1.807, 2.05) is 0 Å². The molecule has 0 aliphatic rings. The lowest BCUT2D eigenvalue weighted by molar-refractivity contribution is -0.384. The van der Waals surface area contributed by atoms with Crippen LogP contribution in [0.4, 0.5) is 20.2 Å². The zero-order valence-corrected chi connectivity index (χ0v) is 10.9. The summed E-state index contributed by atoms with van der Waals surface area (Å²) >= 11 is 0. The number of nitrogens with one attached hydrogen (secondary N) is 1. The van der Waals surface area contributed by atoms with Crippen molar-refractivity contribution in [2.45, 2.75) is 18.6 Å². The summed E-state index contributed by atoms with van der Waals surface area (Å²) in [5.74, 6) is -2.66. The van der Waals surface area contributed by atoms with Gasteiger partial charge in [0, 0.05) is 6.07 Å². The van der Waals surface area contributed by atoms with E-state index < -0.39 is 43.2 Å². The summed E-state index contributed by atoms with van der Waals surface area (Å²) in [7, 11) is -4.34. The monoisotopic (exact) mass is 305 g/mol. The molecule has 108 valence electrons. The van der Waals surface area contributed by atoms with Crippen molar-refractivity contribution in [3.8, 4) is 6.07 Å². The van der Waals surface area contributed by atoms with Gasteiger partial charge >= 0.3 is 0 Å². The van der Waals surface area contributed by atoms with Crippen molar-refractivity contribution >= 4 is 21.4 Å². The first-order valence-electron chi connectivity index (χ1n) is 5.27. The second kappa shape index (κ2) is 5.79. The molecule has 20 heavy (non-hydrogen) atoms. The summed E-state index contributed by atoms with van der Waals surface area (Å²) in [6.07, 6.45) is -0.0948. The molecule has 1 aromatic rings. The van der Waals surface area contributed by atoms with Crippen LogP contribution in [0.5, 0.6) is 0 Å². The van der Waals surface area contributed by atoms with E-state index in [0.29, 0.717) is 12.1 Å². The Hall–Kier alpha value is -2.28. The molecule has 1 atom stereocenters. The van der Waals surface area contributed by atoms with Crippen LogP contribution in [-0.2, 0) is 10.0 Å². The minimum absolute atomic E-state index is 0.0948. The molecule has 10 heteroatoms. The van der Waals surface area contributed by atoms with Crippen molar-refractivity contribution < 1.29 is 22.1 Å². The lowest BCUT2D eigenvalue weighted by atomic mass is 10.2. The fraction of sp³-hybridized carbons (Fsp3) is 0.300. The van der Waals surface area contributed by atoms with Crippen LogP contribution in [0, 0.1) is 33.1 Å². The van der Waals surface area contributed by atoms with Crippen LogP contribution >= 0.6 is 0 Å². The number of halogens is 2. The number of nitro benzene ring substituents is 1. The first kappa shape index (κ1) is 15.8. The minimum atomic E-state index is -4.34. The first-order valence-corrected chi connectivity index (χ1v) is 6.82. The molecule has 0 aliphatic carbocycles. The van der Waals surface area contributed by atoms with Gasteiger partial charge in [0.05, 0.1) is 17.1 Å². The van der Waals surface area contributed by atoms with Crippen molar-refractivity contribution in [2.24, 2.45) is 0 Å². The Morgan fingerprint density at radius 1 is 1.50 bits per heavy atom. The van der Waals surface area contributed by atoms with Gasteiger partial charge in [-0.2, -0.15) is 5.26 Å². The van der Waals surface area contributed by atoms with Gasteiger partial charge in [-0.05, 0) is 6.42 Å². The molecular weight excluding hydrogens is 296 g/mol. The van der Waals surface area contributed by atoms with E-state index >= 15 is 0 Å². The number of nitro groups is 1. The van der Waals surface area contributed by atoms with Gasteiger partial charge in [-0.1, -0.05) is 6.92 Å². The van der Waals surface area contributed by atoms with Crippen LogP contribution < -0.4 is 4.72 Å². The van der Waals surface area contributed by atoms with Crippen LogP contribution in [0.3, 0.4) is 0 Å². The van der Waals surface area contributed by atoms with Gasteiger partial charge in [0.15, 0.2) is 16.8 Å². The predicted molar refractivity (Wildman–Crippen MR) is 65.2 cm³/mol. The van der Waals surface area contributed by atoms with E-state index in [9.17, 15) is 27.3 Å². The Morgan fingerprint density at radius 3 is 2.55 bits per heavy atom. The van der Waals surface area contributed by atoms with Gasteiger partial charge < -0.3 is 0 Å². The molecule has 0 aliphatic heterocycles. The largest absolute Gasteiger partial charge is 0.299 e. The van der Waals surface area contributed by atoms with Crippen molar-refractivity contribution in [3.05, 3.63) is 33.9 Å². The fourth-order valence-electron chi connectivity index (χ4n) is 1.40. The maximum Gasteiger partial charge on any atom is 0.299 e. The van der Waals surface area contributed by atoms with E-state index in [1.54, 1.807) is 4.72 Å². The zero-order valence-electron chi connectivity index (χ0n) is 10.1. The first-order chi connectivity index (χ1) is 9.22. The van der Waals surface area contributed by atoms with Gasteiger partial charge in [-0.3, -0.25) is 14.8 Å². The second-order valence-electron chi connectivity index (χ2n) is 3.71. The van der Waals surface area contributed by atoms with E-state index in [2.05, 4.69) is 0 Å². The highest BCUT2D eigenvalue weighted by Gasteiger charge is 2.29. The Balaban J connectivity index is 3.36. The van der Waals surface area contributed by atoms with Crippen molar-refractivity contribution in [3.63, 3.8) is 0 Å². The average molecular weight is 305 g/mol. The normalized spacial score (nSPS) is 12.5. The Morgan fingerprint density at radius 2 is 2.10 bits per heavy atom. The summed E-state index contributed by atoms with van der Waals surface area (Å²) in [5, 5.41) is 17.9. The topological polar surface area (TPSA) is 113 Å². The van der Waals surface area contributed by atoms with Crippen molar-refractivity contribution in [2.75, 3.05) is 4.72 Å². The standard InChI is InChI=1S/C10H9F2N3O4S/c1-2-7(5-13)20(18,19)14-10-8(12)3-6(11)4-9(10)15(16)17/h3-4,7,14H,2H2,1H3. The maximum absolute atomic E-state index is 13.5.